The van der Waals surface area contributed by atoms with Crippen LogP contribution in [-0.4, -0.2) is 17.2 Å². The van der Waals surface area contributed by atoms with E-state index in [0.717, 1.165) is 11.4 Å². The molecule has 0 aliphatic heterocycles. The molecule has 0 radical (unpaired) electrons. The summed E-state index contributed by atoms with van der Waals surface area (Å²) in [6.07, 6.45) is 0. The summed E-state index contributed by atoms with van der Waals surface area (Å²) in [6.45, 7) is 0. The number of para-hydroxylation sites is 3. The lowest BCUT2D eigenvalue weighted by Crippen LogP contribution is -2.74. The van der Waals surface area contributed by atoms with E-state index < -0.39 is 8.07 Å². The molecule has 13 rings (SSSR count). The van der Waals surface area contributed by atoms with E-state index in [4.69, 9.17) is 0 Å². The summed E-state index contributed by atoms with van der Waals surface area (Å²) in [7, 11) is -2.99. The van der Waals surface area contributed by atoms with E-state index in [2.05, 4.69) is 288 Å². The molecule has 3 heteroatoms. The highest BCUT2D eigenvalue weighted by Gasteiger charge is 2.42. The molecule has 0 saturated carbocycles. The fraction of sp³-hybridized carbons (Fsp3) is 0. The Morgan fingerprint density at radius 1 is 0.261 bits per heavy atom. The highest BCUT2D eigenvalue weighted by Crippen LogP contribution is 2.43. The topological polar surface area (TPSA) is 9.86 Å². The highest BCUT2D eigenvalue weighted by molar-refractivity contribution is 7.19. The van der Waals surface area contributed by atoms with Crippen LogP contribution in [0.5, 0.6) is 0 Å². The van der Waals surface area contributed by atoms with E-state index in [1.165, 1.54) is 97.7 Å². The van der Waals surface area contributed by atoms with Crippen molar-refractivity contribution >= 4 is 72.4 Å². The van der Waals surface area contributed by atoms with Crippen molar-refractivity contribution in [1.82, 2.24) is 9.13 Å². The lowest BCUT2D eigenvalue weighted by molar-refractivity contribution is 1.18. The minimum atomic E-state index is -2.99. The van der Waals surface area contributed by atoms with Gasteiger partial charge in [-0.15, -0.1) is 0 Å². The number of benzene rings is 11. The third-order valence-corrected chi connectivity index (χ3v) is 19.1. The molecule has 0 saturated heterocycles. The molecule has 324 valence electrons. The number of rotatable bonds is 9. The average Bonchev–Trinajstić information content (AvgIpc) is 3.96. The second-order valence-electron chi connectivity index (χ2n) is 18.0. The van der Waals surface area contributed by atoms with Crippen molar-refractivity contribution in [3.05, 3.63) is 279 Å². The molecule has 2 heterocycles. The largest absolute Gasteiger partial charge is 0.309 e. The molecule has 13 aromatic rings. The van der Waals surface area contributed by atoms with E-state index >= 15 is 0 Å². The first-order chi connectivity index (χ1) is 34.3. The van der Waals surface area contributed by atoms with E-state index in [-0.39, 0.29) is 0 Å². The van der Waals surface area contributed by atoms with Gasteiger partial charge in [0.05, 0.1) is 22.1 Å². The predicted molar refractivity (Wildman–Crippen MR) is 295 cm³/mol. The second kappa shape index (κ2) is 16.8. The first-order valence-corrected chi connectivity index (χ1v) is 25.8. The van der Waals surface area contributed by atoms with Crippen molar-refractivity contribution in [2.24, 2.45) is 0 Å². The zero-order valence-electron chi connectivity index (χ0n) is 38.0. The molecule has 0 atom stereocenters. The van der Waals surface area contributed by atoms with Gasteiger partial charge in [0.1, 0.15) is 0 Å². The summed E-state index contributed by atoms with van der Waals surface area (Å²) in [5, 5.41) is 10.3. The molecule has 2 aromatic heterocycles. The Morgan fingerprint density at radius 2 is 0.725 bits per heavy atom. The second-order valence-corrected chi connectivity index (χ2v) is 21.8. The van der Waals surface area contributed by atoms with Crippen molar-refractivity contribution in [2.75, 3.05) is 0 Å². The smallest absolute Gasteiger partial charge is 0.179 e. The Bertz CT molecular complexity index is 3870. The van der Waals surface area contributed by atoms with Gasteiger partial charge in [0.15, 0.2) is 8.07 Å². The Hall–Kier alpha value is -8.76. The van der Waals surface area contributed by atoms with Crippen LogP contribution in [-0.2, 0) is 0 Å². The van der Waals surface area contributed by atoms with E-state index in [0.29, 0.717) is 0 Å². The van der Waals surface area contributed by atoms with Gasteiger partial charge in [0.25, 0.3) is 0 Å². The molecular weight excluding hydrogens is 849 g/mol. The molecule has 0 fully saturated rings. The van der Waals surface area contributed by atoms with Gasteiger partial charge in [0.2, 0.25) is 0 Å². The lowest BCUT2D eigenvalue weighted by atomic mass is 9.88. The van der Waals surface area contributed by atoms with Gasteiger partial charge in [-0.1, -0.05) is 237 Å². The lowest BCUT2D eigenvalue weighted by Gasteiger charge is -2.35. The van der Waals surface area contributed by atoms with E-state index in [9.17, 15) is 0 Å². The minimum Gasteiger partial charge on any atom is -0.309 e. The summed E-state index contributed by atoms with van der Waals surface area (Å²) in [5.74, 6) is 0. The number of hydrogen-bond acceptors (Lipinski definition) is 0. The molecule has 0 amide bonds. The van der Waals surface area contributed by atoms with Crippen LogP contribution in [0.15, 0.2) is 279 Å². The quantitative estimate of drug-likeness (QED) is 0.101. The number of fused-ring (bicyclic) bond motifs is 7. The van der Waals surface area contributed by atoms with Gasteiger partial charge in [-0.25, -0.2) is 0 Å². The van der Waals surface area contributed by atoms with Gasteiger partial charge in [-0.3, -0.25) is 0 Å². The normalized spacial score (nSPS) is 11.8. The zero-order chi connectivity index (χ0) is 45.7. The summed E-state index contributed by atoms with van der Waals surface area (Å²) in [5.41, 5.74) is 14.4. The third kappa shape index (κ3) is 6.54. The van der Waals surface area contributed by atoms with Crippen molar-refractivity contribution in [3.63, 3.8) is 0 Å². The molecule has 0 aliphatic carbocycles. The number of aromatic nitrogens is 2. The maximum Gasteiger partial charge on any atom is 0.179 e. The molecule has 0 bridgehead atoms. The summed E-state index contributed by atoms with van der Waals surface area (Å²) in [6, 6.07) is 103. The SMILES string of the molecule is c1ccc(-c2cccc(-c3ccccc3)c2-c2ccc([Si](c3ccccc3)(c3ccccc3)c3cccc(-n4c5ccccc5c5c4ccc4c6ccccc6n(-c6ccccc6)c45)c3)cc2)cc1. The maximum absolute atomic E-state index is 2.99. The van der Waals surface area contributed by atoms with Crippen LogP contribution >= 0.6 is 0 Å². The Morgan fingerprint density at radius 3 is 1.33 bits per heavy atom. The van der Waals surface area contributed by atoms with Gasteiger partial charge >= 0.3 is 0 Å². The van der Waals surface area contributed by atoms with Crippen LogP contribution in [0.2, 0.25) is 0 Å². The Balaban J connectivity index is 1.06. The van der Waals surface area contributed by atoms with Crippen LogP contribution in [0.25, 0.3) is 88.4 Å². The fourth-order valence-corrected chi connectivity index (χ4v) is 16.1. The van der Waals surface area contributed by atoms with Crippen LogP contribution in [0.3, 0.4) is 0 Å². The van der Waals surface area contributed by atoms with Crippen molar-refractivity contribution in [2.45, 2.75) is 0 Å². The summed E-state index contributed by atoms with van der Waals surface area (Å²) in [4.78, 5) is 0. The number of nitrogens with zero attached hydrogens (tertiary/aromatic N) is 2. The van der Waals surface area contributed by atoms with Crippen molar-refractivity contribution in [3.8, 4) is 44.8 Å². The monoisotopic (exact) mass is 894 g/mol. The Kier molecular flexibility index (Phi) is 9.88. The molecule has 69 heavy (non-hydrogen) atoms. The first-order valence-electron chi connectivity index (χ1n) is 23.8. The molecule has 2 nitrogen and oxygen atoms in total. The van der Waals surface area contributed by atoms with Gasteiger partial charge in [-0.2, -0.15) is 0 Å². The van der Waals surface area contributed by atoms with E-state index in [1.807, 2.05) is 0 Å². The zero-order valence-corrected chi connectivity index (χ0v) is 39.0. The molecule has 0 unspecified atom stereocenters. The fourth-order valence-electron chi connectivity index (χ4n) is 11.4. The van der Waals surface area contributed by atoms with Crippen molar-refractivity contribution in [1.29, 1.82) is 0 Å². The van der Waals surface area contributed by atoms with Crippen molar-refractivity contribution < 1.29 is 0 Å². The predicted octanol–water partition coefficient (Wildman–Crippen LogP) is 14.3. The average molecular weight is 895 g/mol. The molecule has 11 aromatic carbocycles. The molecule has 0 spiro atoms. The van der Waals surface area contributed by atoms with Crippen LogP contribution in [0.4, 0.5) is 0 Å². The highest BCUT2D eigenvalue weighted by atomic mass is 28.3. The third-order valence-electron chi connectivity index (χ3n) is 14.3. The Labute approximate surface area is 403 Å². The first kappa shape index (κ1) is 40.5. The molecular formula is C66H46N2Si. The maximum atomic E-state index is 2.50. The van der Waals surface area contributed by atoms with Gasteiger partial charge in [-0.05, 0) is 96.6 Å². The van der Waals surface area contributed by atoms with Crippen LogP contribution < -0.4 is 20.7 Å². The number of hydrogen-bond donors (Lipinski definition) is 0. The molecule has 0 N–H and O–H groups in total. The van der Waals surface area contributed by atoms with Gasteiger partial charge < -0.3 is 9.13 Å². The summed E-state index contributed by atoms with van der Waals surface area (Å²) >= 11 is 0. The van der Waals surface area contributed by atoms with Gasteiger partial charge in [0, 0.05) is 32.9 Å². The minimum absolute atomic E-state index is 1.14. The van der Waals surface area contributed by atoms with Crippen LogP contribution in [0, 0.1) is 0 Å². The van der Waals surface area contributed by atoms with E-state index in [1.54, 1.807) is 0 Å². The summed E-state index contributed by atoms with van der Waals surface area (Å²) < 4.78 is 4.97. The van der Waals surface area contributed by atoms with Crippen LogP contribution in [0.1, 0.15) is 0 Å². The standard InChI is InChI=1S/C66H46N2Si/c1-6-22-47(23-7-1)56-36-21-37-57(48-24-8-2-9-25-48)64(56)49-40-42-54(43-41-49)69(52-29-12-4-13-30-52,53-31-14-5-15-32-53)55-33-20-28-51(46-55)67-62-39-19-17-35-60(62)65-63(67)45-44-59-58-34-16-18-38-61(58)68(66(59)65)50-26-10-3-11-27-50/h1-46H. The molecule has 0 aliphatic rings.